The zero-order chi connectivity index (χ0) is 20.1. The summed E-state index contributed by atoms with van der Waals surface area (Å²) in [6.45, 7) is 0.746. The van der Waals surface area contributed by atoms with Crippen LogP contribution in [0.25, 0.3) is 0 Å². The Labute approximate surface area is 176 Å². The summed E-state index contributed by atoms with van der Waals surface area (Å²) in [5, 5.41) is 3.31. The van der Waals surface area contributed by atoms with Gasteiger partial charge in [-0.15, -0.1) is 12.4 Å². The summed E-state index contributed by atoms with van der Waals surface area (Å²) in [6.07, 6.45) is 0.614. The van der Waals surface area contributed by atoms with Crippen LogP contribution in [0.4, 0.5) is 16.2 Å². The maximum atomic E-state index is 12.4. The first-order valence-electron chi connectivity index (χ1n) is 9.06. The fourth-order valence-corrected chi connectivity index (χ4v) is 3.18. The number of rotatable bonds is 6. The van der Waals surface area contributed by atoms with Crippen molar-refractivity contribution in [1.82, 2.24) is 0 Å². The van der Waals surface area contributed by atoms with E-state index in [0.29, 0.717) is 24.3 Å². The standard InChI is InChI=1S/C21H24N2O5.ClH/c1-23(15-5-7-16(26-2)8-6-15)21(25)28-17-9-10-18-14(4-11-20(24)27-3)13-22-19(18)12-17;/h5-10,12,14,22H,4,11,13H2,1-3H3;1H. The summed E-state index contributed by atoms with van der Waals surface area (Å²) in [6, 6.07) is 12.7. The number of hydrogen-bond acceptors (Lipinski definition) is 6. The van der Waals surface area contributed by atoms with Gasteiger partial charge in [0.2, 0.25) is 0 Å². The minimum absolute atomic E-state index is 0. The van der Waals surface area contributed by atoms with E-state index >= 15 is 0 Å². The third-order valence-electron chi connectivity index (χ3n) is 4.87. The number of carbonyl (C=O) groups is 2. The quantitative estimate of drug-likeness (QED) is 0.705. The molecule has 2 aromatic rings. The highest BCUT2D eigenvalue weighted by molar-refractivity contribution is 5.88. The van der Waals surface area contributed by atoms with Gasteiger partial charge in [-0.1, -0.05) is 6.07 Å². The van der Waals surface area contributed by atoms with E-state index in [0.717, 1.165) is 23.5 Å². The molecule has 8 heteroatoms. The van der Waals surface area contributed by atoms with Crippen molar-refractivity contribution in [3.63, 3.8) is 0 Å². The molecular formula is C21H25ClN2O5. The van der Waals surface area contributed by atoms with Crippen LogP contribution >= 0.6 is 12.4 Å². The van der Waals surface area contributed by atoms with Crippen LogP contribution in [-0.4, -0.2) is 39.9 Å². The lowest BCUT2D eigenvalue weighted by Crippen LogP contribution is -2.29. The zero-order valence-electron chi connectivity index (χ0n) is 16.6. The lowest BCUT2D eigenvalue weighted by molar-refractivity contribution is -0.140. The minimum atomic E-state index is -0.481. The van der Waals surface area contributed by atoms with Crippen molar-refractivity contribution in [1.29, 1.82) is 0 Å². The second-order valence-electron chi connectivity index (χ2n) is 6.57. The normalized spacial score (nSPS) is 14.1. The van der Waals surface area contributed by atoms with E-state index in [1.807, 2.05) is 12.1 Å². The summed E-state index contributed by atoms with van der Waals surface area (Å²) in [7, 11) is 4.64. The van der Waals surface area contributed by atoms with Crippen molar-refractivity contribution >= 4 is 35.8 Å². The van der Waals surface area contributed by atoms with Crippen LogP contribution < -0.4 is 19.7 Å². The van der Waals surface area contributed by atoms with Crippen molar-refractivity contribution in [2.45, 2.75) is 18.8 Å². The van der Waals surface area contributed by atoms with Gasteiger partial charge in [-0.3, -0.25) is 9.69 Å². The molecule has 1 aliphatic rings. The number of benzene rings is 2. The Morgan fingerprint density at radius 3 is 2.45 bits per heavy atom. The highest BCUT2D eigenvalue weighted by Gasteiger charge is 2.24. The van der Waals surface area contributed by atoms with Crippen molar-refractivity contribution < 1.29 is 23.8 Å². The van der Waals surface area contributed by atoms with Crippen molar-refractivity contribution in [2.75, 3.05) is 38.0 Å². The molecular weight excluding hydrogens is 396 g/mol. The second kappa shape index (κ2) is 10.0. The monoisotopic (exact) mass is 420 g/mol. The first kappa shape index (κ1) is 22.4. The molecule has 29 heavy (non-hydrogen) atoms. The molecule has 0 aromatic heterocycles. The second-order valence-corrected chi connectivity index (χ2v) is 6.57. The Kier molecular flexibility index (Phi) is 7.73. The molecule has 1 amide bonds. The van der Waals surface area contributed by atoms with E-state index in [1.165, 1.54) is 12.0 Å². The average Bonchev–Trinajstić information content (AvgIpc) is 3.13. The molecule has 1 heterocycles. The van der Waals surface area contributed by atoms with Gasteiger partial charge in [-0.25, -0.2) is 4.79 Å². The summed E-state index contributed by atoms with van der Waals surface area (Å²) >= 11 is 0. The molecule has 0 radical (unpaired) electrons. The van der Waals surface area contributed by atoms with Crippen LogP contribution in [0.15, 0.2) is 42.5 Å². The van der Waals surface area contributed by atoms with Gasteiger partial charge in [0.15, 0.2) is 0 Å². The Balaban J connectivity index is 0.00000300. The van der Waals surface area contributed by atoms with Gasteiger partial charge in [-0.2, -0.15) is 0 Å². The molecule has 1 unspecified atom stereocenters. The number of amides is 1. The van der Waals surface area contributed by atoms with E-state index < -0.39 is 6.09 Å². The van der Waals surface area contributed by atoms with Gasteiger partial charge in [0.05, 0.1) is 14.2 Å². The van der Waals surface area contributed by atoms with Crippen LogP contribution in [0.5, 0.6) is 11.5 Å². The van der Waals surface area contributed by atoms with E-state index in [9.17, 15) is 9.59 Å². The third-order valence-corrected chi connectivity index (χ3v) is 4.87. The van der Waals surface area contributed by atoms with E-state index in [4.69, 9.17) is 14.2 Å². The largest absolute Gasteiger partial charge is 0.497 e. The molecule has 0 saturated carbocycles. The number of fused-ring (bicyclic) bond motifs is 1. The van der Waals surface area contributed by atoms with Gasteiger partial charge in [0.1, 0.15) is 11.5 Å². The summed E-state index contributed by atoms with van der Waals surface area (Å²) in [5.74, 6) is 1.21. The number of hydrogen-bond donors (Lipinski definition) is 1. The lowest BCUT2D eigenvalue weighted by atomic mass is 9.96. The Hall–Kier alpha value is -2.93. The Bertz CT molecular complexity index is 857. The van der Waals surface area contributed by atoms with E-state index in [1.54, 1.807) is 44.5 Å². The maximum Gasteiger partial charge on any atom is 0.419 e. The molecule has 0 saturated heterocycles. The van der Waals surface area contributed by atoms with Crippen LogP contribution in [0, 0.1) is 0 Å². The van der Waals surface area contributed by atoms with E-state index in [-0.39, 0.29) is 24.3 Å². The van der Waals surface area contributed by atoms with Crippen molar-refractivity contribution in [3.05, 3.63) is 48.0 Å². The SMILES string of the molecule is COC(=O)CCC1CNc2cc(OC(=O)N(C)c3ccc(OC)cc3)ccc21.Cl. The maximum absolute atomic E-state index is 12.4. The highest BCUT2D eigenvalue weighted by Crippen LogP contribution is 2.37. The molecule has 0 aliphatic carbocycles. The Morgan fingerprint density at radius 2 is 1.79 bits per heavy atom. The molecule has 156 valence electrons. The summed E-state index contributed by atoms with van der Waals surface area (Å²) in [4.78, 5) is 25.2. The fraction of sp³-hybridized carbons (Fsp3) is 0.333. The molecule has 7 nitrogen and oxygen atoms in total. The fourth-order valence-electron chi connectivity index (χ4n) is 3.18. The number of ether oxygens (including phenoxy) is 3. The molecule has 3 rings (SSSR count). The minimum Gasteiger partial charge on any atom is -0.497 e. The third kappa shape index (κ3) is 5.32. The molecule has 1 aliphatic heterocycles. The topological polar surface area (TPSA) is 77.1 Å². The van der Waals surface area contributed by atoms with Gasteiger partial charge in [0.25, 0.3) is 0 Å². The smallest absolute Gasteiger partial charge is 0.419 e. The van der Waals surface area contributed by atoms with E-state index in [2.05, 4.69) is 5.32 Å². The molecule has 0 spiro atoms. The van der Waals surface area contributed by atoms with Gasteiger partial charge in [0, 0.05) is 43.4 Å². The Morgan fingerprint density at radius 1 is 1.10 bits per heavy atom. The lowest BCUT2D eigenvalue weighted by Gasteiger charge is -2.17. The van der Waals surface area contributed by atoms with Gasteiger partial charge >= 0.3 is 12.1 Å². The first-order valence-corrected chi connectivity index (χ1v) is 9.06. The van der Waals surface area contributed by atoms with Gasteiger partial charge < -0.3 is 19.5 Å². The summed E-state index contributed by atoms with van der Waals surface area (Å²) in [5.41, 5.74) is 2.74. The number of anilines is 2. The van der Waals surface area contributed by atoms with Crippen LogP contribution in [0.1, 0.15) is 24.3 Å². The van der Waals surface area contributed by atoms with Crippen LogP contribution in [0.3, 0.4) is 0 Å². The number of carbonyl (C=O) groups excluding carboxylic acids is 2. The molecule has 0 fully saturated rings. The van der Waals surface area contributed by atoms with Crippen LogP contribution in [-0.2, 0) is 9.53 Å². The predicted octanol–water partition coefficient (Wildman–Crippen LogP) is 4.21. The van der Waals surface area contributed by atoms with Crippen molar-refractivity contribution in [2.24, 2.45) is 0 Å². The first-order chi connectivity index (χ1) is 13.5. The zero-order valence-corrected chi connectivity index (χ0v) is 17.5. The van der Waals surface area contributed by atoms with Gasteiger partial charge in [-0.05, 0) is 42.3 Å². The van der Waals surface area contributed by atoms with Crippen LogP contribution in [0.2, 0.25) is 0 Å². The predicted molar refractivity (Wildman–Crippen MR) is 114 cm³/mol. The van der Waals surface area contributed by atoms with Crippen molar-refractivity contribution in [3.8, 4) is 11.5 Å². The number of methoxy groups -OCH3 is 2. The molecule has 2 aromatic carbocycles. The highest BCUT2D eigenvalue weighted by atomic mass is 35.5. The molecule has 0 bridgehead atoms. The number of halogens is 1. The molecule has 1 N–H and O–H groups in total. The number of esters is 1. The number of nitrogens with zero attached hydrogens (tertiary/aromatic N) is 1. The average molecular weight is 421 g/mol. The number of nitrogens with one attached hydrogen (secondary N) is 1. The summed E-state index contributed by atoms with van der Waals surface area (Å²) < 4.78 is 15.3. The molecule has 1 atom stereocenters.